The maximum absolute atomic E-state index is 6.74. The largest absolute Gasteiger partial charge is 0.455 e. The fraction of sp³-hybridized carbons (Fsp3) is 0. The van der Waals surface area contributed by atoms with Gasteiger partial charge in [-0.05, 0) is 41.0 Å². The number of para-hydroxylation sites is 1. The third kappa shape index (κ3) is 4.71. The second-order valence-electron chi connectivity index (χ2n) is 12.4. The van der Waals surface area contributed by atoms with E-state index >= 15 is 0 Å². The first-order valence-electron chi connectivity index (χ1n) is 16.6. The molecule has 4 nitrogen and oxygen atoms in total. The van der Waals surface area contributed by atoms with Crippen LogP contribution in [0.15, 0.2) is 168 Å². The first-order valence-corrected chi connectivity index (χ1v) is 17.4. The van der Waals surface area contributed by atoms with Crippen molar-refractivity contribution in [2.45, 2.75) is 0 Å². The molecule has 10 aromatic rings. The Balaban J connectivity index is 1.18. The monoisotopic (exact) mass is 657 g/mol. The quantitative estimate of drug-likeness (QED) is 0.185. The minimum absolute atomic E-state index is 0.566. The van der Waals surface area contributed by atoms with Crippen molar-refractivity contribution in [2.24, 2.45) is 0 Å². The zero-order valence-electron chi connectivity index (χ0n) is 26.7. The molecule has 0 saturated heterocycles. The lowest BCUT2D eigenvalue weighted by molar-refractivity contribution is 0.669. The Kier molecular flexibility index (Phi) is 6.64. The van der Waals surface area contributed by atoms with Crippen LogP contribution in [0.1, 0.15) is 0 Å². The van der Waals surface area contributed by atoms with Gasteiger partial charge in [0.2, 0.25) is 0 Å². The van der Waals surface area contributed by atoms with E-state index in [9.17, 15) is 0 Å². The third-order valence-electron chi connectivity index (χ3n) is 9.35. The van der Waals surface area contributed by atoms with Crippen molar-refractivity contribution in [1.82, 2.24) is 15.0 Å². The first kappa shape index (κ1) is 28.6. The number of hydrogen-bond donors (Lipinski definition) is 0. The second-order valence-corrected chi connectivity index (χ2v) is 13.4. The van der Waals surface area contributed by atoms with Gasteiger partial charge < -0.3 is 4.42 Å². The normalized spacial score (nSPS) is 11.6. The molecule has 50 heavy (non-hydrogen) atoms. The standard InChI is InChI=1S/C45H27N3OS/c1-3-13-28(14-4-1)30-17-9-18-31(27-30)44-46-43(29-15-5-2-6-16-29)47-45(48-44)37-24-11-23-36-40-33(20-12-25-38(40)49-41(36)37)35-22-10-21-34-32-19-7-8-26-39(32)50-42(34)35/h1-27H. The van der Waals surface area contributed by atoms with Crippen LogP contribution < -0.4 is 0 Å². The maximum Gasteiger partial charge on any atom is 0.167 e. The van der Waals surface area contributed by atoms with Gasteiger partial charge in [0.05, 0.1) is 5.56 Å². The highest BCUT2D eigenvalue weighted by Crippen LogP contribution is 2.45. The van der Waals surface area contributed by atoms with Gasteiger partial charge in [0.1, 0.15) is 11.2 Å². The molecule has 0 aliphatic rings. The van der Waals surface area contributed by atoms with Crippen molar-refractivity contribution in [3.63, 3.8) is 0 Å². The molecule has 7 aromatic carbocycles. The van der Waals surface area contributed by atoms with Crippen molar-refractivity contribution in [3.05, 3.63) is 164 Å². The molecule has 0 N–H and O–H groups in total. The number of nitrogens with zero attached hydrogens (tertiary/aromatic N) is 3. The molecular formula is C45H27N3OS. The van der Waals surface area contributed by atoms with Gasteiger partial charge >= 0.3 is 0 Å². The number of aromatic nitrogens is 3. The molecule has 3 aromatic heterocycles. The third-order valence-corrected chi connectivity index (χ3v) is 10.6. The number of furan rings is 1. The Morgan fingerprint density at radius 1 is 0.400 bits per heavy atom. The van der Waals surface area contributed by atoms with E-state index in [2.05, 4.69) is 121 Å². The Labute approximate surface area is 292 Å². The number of thiophene rings is 1. The van der Waals surface area contributed by atoms with Gasteiger partial charge in [-0.25, -0.2) is 15.0 Å². The van der Waals surface area contributed by atoms with E-state index in [0.29, 0.717) is 17.5 Å². The molecule has 10 rings (SSSR count). The summed E-state index contributed by atoms with van der Waals surface area (Å²) in [6.07, 6.45) is 0. The lowest BCUT2D eigenvalue weighted by atomic mass is 9.97. The summed E-state index contributed by atoms with van der Waals surface area (Å²) in [5.41, 5.74) is 8.85. The van der Waals surface area contributed by atoms with Gasteiger partial charge in [0, 0.05) is 47.6 Å². The highest BCUT2D eigenvalue weighted by atomic mass is 32.1. The van der Waals surface area contributed by atoms with Crippen LogP contribution in [-0.4, -0.2) is 15.0 Å². The second kappa shape index (κ2) is 11.6. The molecule has 0 bridgehead atoms. The molecule has 3 heterocycles. The molecular weight excluding hydrogens is 631 g/mol. The summed E-state index contributed by atoms with van der Waals surface area (Å²) in [5, 5.41) is 4.68. The molecule has 5 heteroatoms. The summed E-state index contributed by atoms with van der Waals surface area (Å²) in [4.78, 5) is 15.2. The Morgan fingerprint density at radius 3 is 1.82 bits per heavy atom. The predicted octanol–water partition coefficient (Wildman–Crippen LogP) is 12.5. The Morgan fingerprint density at radius 2 is 0.980 bits per heavy atom. The molecule has 234 valence electrons. The molecule has 0 saturated carbocycles. The minimum Gasteiger partial charge on any atom is -0.455 e. The van der Waals surface area contributed by atoms with Crippen molar-refractivity contribution < 1.29 is 4.42 Å². The van der Waals surface area contributed by atoms with E-state index in [-0.39, 0.29) is 0 Å². The van der Waals surface area contributed by atoms with Gasteiger partial charge in [-0.15, -0.1) is 11.3 Å². The van der Waals surface area contributed by atoms with Gasteiger partial charge in [-0.2, -0.15) is 0 Å². The van der Waals surface area contributed by atoms with E-state index in [1.165, 1.54) is 25.7 Å². The van der Waals surface area contributed by atoms with Crippen molar-refractivity contribution >= 4 is 53.4 Å². The van der Waals surface area contributed by atoms with Crippen LogP contribution in [0.5, 0.6) is 0 Å². The lowest BCUT2D eigenvalue weighted by Crippen LogP contribution is -2.00. The summed E-state index contributed by atoms with van der Waals surface area (Å²) >= 11 is 1.84. The zero-order valence-corrected chi connectivity index (χ0v) is 27.6. The SMILES string of the molecule is c1ccc(-c2cccc(-c3nc(-c4ccccc4)nc(-c4cccc5c4oc4cccc(-c6cccc7c6sc6ccccc67)c45)n3)c2)cc1. The number of fused-ring (bicyclic) bond motifs is 6. The fourth-order valence-corrected chi connectivity index (χ4v) is 8.25. The topological polar surface area (TPSA) is 51.8 Å². The molecule has 0 radical (unpaired) electrons. The molecule has 0 aliphatic carbocycles. The minimum atomic E-state index is 0.566. The van der Waals surface area contributed by atoms with E-state index in [0.717, 1.165) is 55.3 Å². The van der Waals surface area contributed by atoms with E-state index in [1.54, 1.807) is 0 Å². The van der Waals surface area contributed by atoms with Crippen LogP contribution in [0.25, 0.3) is 98.5 Å². The summed E-state index contributed by atoms with van der Waals surface area (Å²) in [6.45, 7) is 0. The van der Waals surface area contributed by atoms with E-state index in [1.807, 2.05) is 53.8 Å². The van der Waals surface area contributed by atoms with Crippen molar-refractivity contribution in [2.75, 3.05) is 0 Å². The summed E-state index contributed by atoms with van der Waals surface area (Å²) < 4.78 is 9.31. The summed E-state index contributed by atoms with van der Waals surface area (Å²) in [6, 6.07) is 56.7. The molecule has 0 fully saturated rings. The molecule has 0 amide bonds. The van der Waals surface area contributed by atoms with Crippen LogP contribution in [0, 0.1) is 0 Å². The molecule has 0 aliphatic heterocycles. The average Bonchev–Trinajstić information content (AvgIpc) is 3.77. The molecule has 0 spiro atoms. The first-order chi connectivity index (χ1) is 24.8. The van der Waals surface area contributed by atoms with Crippen LogP contribution in [0.4, 0.5) is 0 Å². The van der Waals surface area contributed by atoms with Crippen LogP contribution in [-0.2, 0) is 0 Å². The van der Waals surface area contributed by atoms with Crippen molar-refractivity contribution in [1.29, 1.82) is 0 Å². The van der Waals surface area contributed by atoms with E-state index < -0.39 is 0 Å². The maximum atomic E-state index is 6.74. The number of hydrogen-bond acceptors (Lipinski definition) is 5. The van der Waals surface area contributed by atoms with Gasteiger partial charge in [0.25, 0.3) is 0 Å². The number of benzene rings is 7. The molecule has 0 atom stereocenters. The van der Waals surface area contributed by atoms with Crippen LogP contribution >= 0.6 is 11.3 Å². The zero-order chi connectivity index (χ0) is 33.0. The summed E-state index contributed by atoms with van der Waals surface area (Å²) in [5.74, 6) is 1.79. The lowest BCUT2D eigenvalue weighted by Gasteiger charge is -2.10. The van der Waals surface area contributed by atoms with Gasteiger partial charge in [-0.3, -0.25) is 0 Å². The van der Waals surface area contributed by atoms with Gasteiger partial charge in [-0.1, -0.05) is 140 Å². The van der Waals surface area contributed by atoms with Gasteiger partial charge in [0.15, 0.2) is 17.5 Å². The molecule has 0 unspecified atom stereocenters. The fourth-order valence-electron chi connectivity index (χ4n) is 7.02. The van der Waals surface area contributed by atoms with Crippen LogP contribution in [0.2, 0.25) is 0 Å². The summed E-state index contributed by atoms with van der Waals surface area (Å²) in [7, 11) is 0. The average molecular weight is 658 g/mol. The van der Waals surface area contributed by atoms with Crippen molar-refractivity contribution in [3.8, 4) is 56.4 Å². The highest BCUT2D eigenvalue weighted by molar-refractivity contribution is 7.26. The predicted molar refractivity (Wildman–Crippen MR) is 207 cm³/mol. The highest BCUT2D eigenvalue weighted by Gasteiger charge is 2.21. The van der Waals surface area contributed by atoms with Crippen LogP contribution in [0.3, 0.4) is 0 Å². The smallest absolute Gasteiger partial charge is 0.167 e. The Bertz CT molecular complexity index is 2870. The Hall–Kier alpha value is -6.43. The van der Waals surface area contributed by atoms with E-state index in [4.69, 9.17) is 19.4 Å². The number of rotatable bonds is 5.